The largest absolute Gasteiger partial charge is 0.466 e. The van der Waals surface area contributed by atoms with Gasteiger partial charge in [-0.15, -0.1) is 0 Å². The molecule has 0 aliphatic carbocycles. The van der Waals surface area contributed by atoms with Crippen molar-refractivity contribution in [3.63, 3.8) is 0 Å². The molecule has 0 aromatic heterocycles. The minimum atomic E-state index is -1.34. The molecule has 1 aromatic rings. The van der Waals surface area contributed by atoms with E-state index in [2.05, 4.69) is 9.46 Å². The highest BCUT2D eigenvalue weighted by Gasteiger charge is 2.31. The van der Waals surface area contributed by atoms with Crippen LogP contribution in [0.1, 0.15) is 31.7 Å². The maximum absolute atomic E-state index is 12.6. The van der Waals surface area contributed by atoms with Crippen molar-refractivity contribution in [1.29, 1.82) is 0 Å². The average molecular weight is 381 g/mol. The molecule has 1 saturated heterocycles. The number of hydrogen-bond donors (Lipinski definition) is 1. The fraction of sp³-hybridized carbons (Fsp3) is 0.526. The van der Waals surface area contributed by atoms with E-state index in [-0.39, 0.29) is 6.04 Å². The lowest BCUT2D eigenvalue weighted by molar-refractivity contribution is -0.148. The molecular formula is C19H27NO5S. The highest BCUT2D eigenvalue weighted by molar-refractivity contribution is 7.83. The fourth-order valence-electron chi connectivity index (χ4n) is 2.64. The monoisotopic (exact) mass is 381 g/mol. The molecule has 2 rings (SSSR count). The maximum atomic E-state index is 12.6. The molecule has 0 bridgehead atoms. The van der Waals surface area contributed by atoms with E-state index in [0.29, 0.717) is 32.5 Å². The smallest absolute Gasteiger partial charge is 0.330 e. The fourth-order valence-corrected chi connectivity index (χ4v) is 3.68. The zero-order valence-corrected chi connectivity index (χ0v) is 16.3. The maximum Gasteiger partial charge on any atom is 0.330 e. The van der Waals surface area contributed by atoms with Gasteiger partial charge in [0.15, 0.2) is 5.79 Å². The summed E-state index contributed by atoms with van der Waals surface area (Å²) in [5.41, 5.74) is 1.12. The first-order valence-corrected chi connectivity index (χ1v) is 9.84. The topological polar surface area (TPSA) is 73.9 Å². The third-order valence-corrected chi connectivity index (χ3v) is 5.48. The number of benzene rings is 1. The van der Waals surface area contributed by atoms with Gasteiger partial charge in [0.25, 0.3) is 0 Å². The number of rotatable bonds is 9. The molecule has 7 heteroatoms. The van der Waals surface area contributed by atoms with Crippen molar-refractivity contribution in [3.8, 4) is 0 Å². The first kappa shape index (κ1) is 20.8. The number of hydrogen-bond acceptors (Lipinski definition) is 5. The van der Waals surface area contributed by atoms with Crippen LogP contribution in [0.25, 0.3) is 0 Å². The summed E-state index contributed by atoms with van der Waals surface area (Å²) < 4.78 is 31.6. The van der Waals surface area contributed by atoms with Crippen LogP contribution >= 0.6 is 0 Å². The van der Waals surface area contributed by atoms with Gasteiger partial charge in [0.2, 0.25) is 0 Å². The van der Waals surface area contributed by atoms with E-state index in [1.165, 1.54) is 13.2 Å². The Morgan fingerprint density at radius 2 is 2.00 bits per heavy atom. The van der Waals surface area contributed by atoms with E-state index in [9.17, 15) is 9.00 Å². The molecule has 1 aliphatic rings. The summed E-state index contributed by atoms with van der Waals surface area (Å²) >= 11 is 0. The van der Waals surface area contributed by atoms with Crippen molar-refractivity contribution in [3.05, 3.63) is 42.0 Å². The Bertz CT molecular complexity index is 638. The molecule has 26 heavy (non-hydrogen) atoms. The molecule has 6 nitrogen and oxygen atoms in total. The summed E-state index contributed by atoms with van der Waals surface area (Å²) in [5.74, 6) is -1.00. The van der Waals surface area contributed by atoms with E-state index in [1.54, 1.807) is 6.08 Å². The third kappa shape index (κ3) is 6.64. The molecular weight excluding hydrogens is 354 g/mol. The average Bonchev–Trinajstić information content (AvgIpc) is 3.06. The molecule has 0 amide bonds. The molecule has 1 heterocycles. The van der Waals surface area contributed by atoms with Crippen LogP contribution in [0.4, 0.5) is 0 Å². The van der Waals surface area contributed by atoms with Crippen LogP contribution in [0, 0.1) is 6.92 Å². The second-order valence-corrected chi connectivity index (χ2v) is 7.67. The van der Waals surface area contributed by atoms with Crippen LogP contribution in [0.3, 0.4) is 0 Å². The first-order chi connectivity index (χ1) is 12.4. The Morgan fingerprint density at radius 1 is 1.35 bits per heavy atom. The molecule has 1 aromatic carbocycles. The number of nitrogens with one attached hydrogen (secondary N) is 1. The van der Waals surface area contributed by atoms with E-state index >= 15 is 0 Å². The van der Waals surface area contributed by atoms with Crippen molar-refractivity contribution in [1.82, 2.24) is 4.72 Å². The van der Waals surface area contributed by atoms with Gasteiger partial charge in [0.05, 0.1) is 25.2 Å². The Morgan fingerprint density at radius 3 is 2.62 bits per heavy atom. The van der Waals surface area contributed by atoms with Gasteiger partial charge in [-0.3, -0.25) is 0 Å². The standard InChI is InChI=1S/C19H27NO5S/c1-15-7-9-17(10-8-15)26(22)20-16(5-4-6-18(21)23-3)11-12-19(2)24-13-14-25-19/h4,6-10,16,20H,5,11-14H2,1-3H3/b6-4+/t16-,26+/m1/s1. The highest BCUT2D eigenvalue weighted by atomic mass is 32.2. The SMILES string of the molecule is COC(=O)/C=C/C[C@H](CCC1(C)OCCO1)N[S@@](=O)c1ccc(C)cc1. The minimum absolute atomic E-state index is 0.0948. The normalized spacial score (nSPS) is 18.7. The number of methoxy groups -OCH3 is 1. The van der Waals surface area contributed by atoms with Crippen molar-refractivity contribution < 1.29 is 23.2 Å². The molecule has 1 N–H and O–H groups in total. The molecule has 0 saturated carbocycles. The van der Waals surface area contributed by atoms with E-state index in [4.69, 9.17) is 9.47 Å². The highest BCUT2D eigenvalue weighted by Crippen LogP contribution is 2.25. The summed E-state index contributed by atoms with van der Waals surface area (Å²) in [6.07, 6.45) is 5.02. The first-order valence-electron chi connectivity index (χ1n) is 8.69. The van der Waals surface area contributed by atoms with E-state index in [1.807, 2.05) is 38.1 Å². The second kappa shape index (κ2) is 9.97. The number of carbonyl (C=O) groups excluding carboxylic acids is 1. The summed E-state index contributed by atoms with van der Waals surface area (Å²) in [7, 11) is 0.00181. The van der Waals surface area contributed by atoms with Crippen LogP contribution in [0.5, 0.6) is 0 Å². The van der Waals surface area contributed by atoms with Crippen LogP contribution < -0.4 is 4.72 Å². The summed E-state index contributed by atoms with van der Waals surface area (Å²) in [4.78, 5) is 12.0. The number of esters is 1. The van der Waals surface area contributed by atoms with Crippen molar-refractivity contribution >= 4 is 17.0 Å². The third-order valence-electron chi connectivity index (χ3n) is 4.23. The number of aryl methyl sites for hydroxylation is 1. The Labute approximate surface area is 157 Å². The molecule has 2 atom stereocenters. The van der Waals surface area contributed by atoms with Crippen molar-refractivity contribution in [2.75, 3.05) is 20.3 Å². The molecule has 1 fully saturated rings. The van der Waals surface area contributed by atoms with Gasteiger partial charge in [-0.2, -0.15) is 0 Å². The van der Waals surface area contributed by atoms with Crippen molar-refractivity contribution in [2.45, 2.75) is 49.8 Å². The van der Waals surface area contributed by atoms with E-state index < -0.39 is 22.7 Å². The summed E-state index contributed by atoms with van der Waals surface area (Å²) in [6.45, 7) is 5.08. The van der Waals surface area contributed by atoms with Crippen LogP contribution in [-0.2, 0) is 30.0 Å². The number of carbonyl (C=O) groups is 1. The quantitative estimate of drug-likeness (QED) is 0.526. The van der Waals surface area contributed by atoms with Crippen LogP contribution in [0.2, 0.25) is 0 Å². The predicted molar refractivity (Wildman–Crippen MR) is 99.8 cm³/mol. The lowest BCUT2D eigenvalue weighted by Crippen LogP contribution is -2.34. The van der Waals surface area contributed by atoms with E-state index in [0.717, 1.165) is 10.5 Å². The van der Waals surface area contributed by atoms with Crippen LogP contribution in [-0.4, -0.2) is 42.3 Å². The van der Waals surface area contributed by atoms with Gasteiger partial charge in [0.1, 0.15) is 11.0 Å². The number of ether oxygens (including phenoxy) is 3. The Balaban J connectivity index is 1.98. The Hall–Kier alpha value is -1.54. The van der Waals surface area contributed by atoms with Gasteiger partial charge in [-0.1, -0.05) is 23.8 Å². The van der Waals surface area contributed by atoms with Crippen molar-refractivity contribution in [2.24, 2.45) is 0 Å². The molecule has 0 unspecified atom stereocenters. The lowest BCUT2D eigenvalue weighted by atomic mass is 10.0. The molecule has 0 radical (unpaired) electrons. The molecule has 0 spiro atoms. The second-order valence-electron chi connectivity index (χ2n) is 6.43. The zero-order valence-electron chi connectivity index (χ0n) is 15.5. The van der Waals surface area contributed by atoms with Gasteiger partial charge >= 0.3 is 5.97 Å². The summed E-state index contributed by atoms with van der Waals surface area (Å²) in [6, 6.07) is 7.47. The Kier molecular flexibility index (Phi) is 7.96. The van der Waals surface area contributed by atoms with Gasteiger partial charge in [-0.25, -0.2) is 13.7 Å². The molecule has 1 aliphatic heterocycles. The van der Waals surface area contributed by atoms with Gasteiger partial charge in [-0.05, 0) is 38.8 Å². The summed E-state index contributed by atoms with van der Waals surface area (Å²) in [5, 5.41) is 0. The predicted octanol–water partition coefficient (Wildman–Crippen LogP) is 2.64. The molecule has 144 valence electrons. The lowest BCUT2D eigenvalue weighted by Gasteiger charge is -2.25. The van der Waals surface area contributed by atoms with Gasteiger partial charge < -0.3 is 14.2 Å². The minimum Gasteiger partial charge on any atom is -0.466 e. The van der Waals surface area contributed by atoms with Crippen LogP contribution in [0.15, 0.2) is 41.3 Å². The van der Waals surface area contributed by atoms with Gasteiger partial charge in [0, 0.05) is 18.5 Å². The zero-order chi connectivity index (χ0) is 19.0.